The Kier molecular flexibility index (Phi) is 7.76. The molecular formula is C30H30FNO5. The molecule has 6 nitrogen and oxygen atoms in total. The van der Waals surface area contributed by atoms with Crippen molar-refractivity contribution in [3.05, 3.63) is 118 Å². The lowest BCUT2D eigenvalue weighted by Crippen LogP contribution is -2.41. The lowest BCUT2D eigenvalue weighted by molar-refractivity contribution is -0.195. The van der Waals surface area contributed by atoms with E-state index in [9.17, 15) is 9.18 Å². The number of carbonyl (C=O) groups is 1. The molecule has 0 atom stereocenters. The third-order valence-corrected chi connectivity index (χ3v) is 6.53. The molecule has 192 valence electrons. The first-order valence-electron chi connectivity index (χ1n) is 11.8. The van der Waals surface area contributed by atoms with Gasteiger partial charge in [0.25, 0.3) is 5.79 Å². The molecule has 7 heteroatoms. The second-order valence-corrected chi connectivity index (χ2v) is 8.58. The van der Waals surface area contributed by atoms with E-state index in [4.69, 9.17) is 18.9 Å². The van der Waals surface area contributed by atoms with Crippen molar-refractivity contribution in [1.29, 1.82) is 0 Å². The Morgan fingerprint density at radius 3 is 2.19 bits per heavy atom. The van der Waals surface area contributed by atoms with Gasteiger partial charge in [-0.1, -0.05) is 36.4 Å². The number of ether oxygens (including phenoxy) is 4. The van der Waals surface area contributed by atoms with Gasteiger partial charge < -0.3 is 24.3 Å². The van der Waals surface area contributed by atoms with Crippen LogP contribution in [0.2, 0.25) is 0 Å². The second-order valence-electron chi connectivity index (χ2n) is 8.58. The van der Waals surface area contributed by atoms with E-state index in [1.54, 1.807) is 18.2 Å². The predicted molar refractivity (Wildman–Crippen MR) is 140 cm³/mol. The summed E-state index contributed by atoms with van der Waals surface area (Å²) in [4.78, 5) is 12.8. The van der Waals surface area contributed by atoms with Gasteiger partial charge in [0.15, 0.2) is 11.5 Å². The third-order valence-electron chi connectivity index (χ3n) is 6.53. The minimum Gasteiger partial charge on any atom is -0.495 e. The zero-order valence-corrected chi connectivity index (χ0v) is 21.6. The quantitative estimate of drug-likeness (QED) is 0.391. The first-order valence-corrected chi connectivity index (χ1v) is 11.8. The van der Waals surface area contributed by atoms with E-state index >= 15 is 0 Å². The van der Waals surface area contributed by atoms with Gasteiger partial charge in [0.2, 0.25) is 5.91 Å². The van der Waals surface area contributed by atoms with E-state index in [1.165, 1.54) is 46.6 Å². The summed E-state index contributed by atoms with van der Waals surface area (Å²) in [5.41, 5.74) is 5.60. The van der Waals surface area contributed by atoms with Crippen molar-refractivity contribution in [2.24, 2.45) is 0 Å². The standard InChI is InChI=1S/C30H30FNO5/c1-19-24(13-21-14-27(34-2)30(36-4,37-5)28(15-21)35-3)23-12-11-22(31)16-26(23)25(19)17-29(33)32-18-20-9-7-6-8-10-20/h6-17H,18H2,1-5H3,(H,32,33)/b25-17+. The smallest absolute Gasteiger partial charge is 0.287 e. The molecule has 2 aliphatic rings. The van der Waals surface area contributed by atoms with Crippen LogP contribution in [0, 0.1) is 5.82 Å². The highest BCUT2D eigenvalue weighted by Gasteiger charge is 2.44. The van der Waals surface area contributed by atoms with Gasteiger partial charge in [0.1, 0.15) is 5.82 Å². The number of allylic oxidation sites excluding steroid dienone is 7. The van der Waals surface area contributed by atoms with Crippen molar-refractivity contribution in [1.82, 2.24) is 5.32 Å². The van der Waals surface area contributed by atoms with Crippen molar-refractivity contribution >= 4 is 17.1 Å². The molecule has 1 amide bonds. The highest BCUT2D eigenvalue weighted by Crippen LogP contribution is 2.44. The van der Waals surface area contributed by atoms with Crippen molar-refractivity contribution in [3.63, 3.8) is 0 Å². The number of methoxy groups -OCH3 is 4. The molecule has 0 aromatic heterocycles. The largest absolute Gasteiger partial charge is 0.495 e. The van der Waals surface area contributed by atoms with E-state index < -0.39 is 5.79 Å². The number of carbonyl (C=O) groups excluding carboxylic acids is 1. The molecule has 0 unspecified atom stereocenters. The zero-order valence-electron chi connectivity index (χ0n) is 21.6. The van der Waals surface area contributed by atoms with Gasteiger partial charge in [0.05, 0.1) is 14.2 Å². The summed E-state index contributed by atoms with van der Waals surface area (Å²) >= 11 is 0. The third kappa shape index (κ3) is 5.01. The van der Waals surface area contributed by atoms with Gasteiger partial charge in [-0.25, -0.2) is 4.39 Å². The molecule has 4 rings (SSSR count). The summed E-state index contributed by atoms with van der Waals surface area (Å²) in [6.45, 7) is 2.31. The van der Waals surface area contributed by atoms with E-state index in [1.807, 2.05) is 43.3 Å². The van der Waals surface area contributed by atoms with E-state index in [-0.39, 0.29) is 11.7 Å². The number of hydrogen-bond donors (Lipinski definition) is 1. The molecule has 37 heavy (non-hydrogen) atoms. The molecule has 0 saturated carbocycles. The summed E-state index contributed by atoms with van der Waals surface area (Å²) in [5, 5.41) is 2.91. The molecule has 0 fully saturated rings. The first-order chi connectivity index (χ1) is 17.9. The summed E-state index contributed by atoms with van der Waals surface area (Å²) in [6, 6.07) is 14.2. The molecule has 0 saturated heterocycles. The molecule has 2 aromatic rings. The Balaban J connectivity index is 1.74. The SMILES string of the molecule is COC1=CC(=CC2=C(C)/C(=C\C(=O)NCc3ccccc3)c3cc(F)ccc32)C=C(OC)C1(OC)OC. The Bertz CT molecular complexity index is 1320. The molecule has 2 aliphatic carbocycles. The van der Waals surface area contributed by atoms with E-state index in [2.05, 4.69) is 5.32 Å². The topological polar surface area (TPSA) is 66.0 Å². The highest BCUT2D eigenvalue weighted by atomic mass is 19.1. The average molecular weight is 504 g/mol. The maximum Gasteiger partial charge on any atom is 0.287 e. The Morgan fingerprint density at radius 2 is 1.59 bits per heavy atom. The van der Waals surface area contributed by atoms with Crippen LogP contribution in [0.5, 0.6) is 0 Å². The van der Waals surface area contributed by atoms with Crippen LogP contribution in [0.25, 0.3) is 11.1 Å². The minimum absolute atomic E-state index is 0.256. The molecule has 0 radical (unpaired) electrons. The van der Waals surface area contributed by atoms with Crippen molar-refractivity contribution < 1.29 is 28.1 Å². The molecule has 0 bridgehead atoms. The summed E-state index contributed by atoms with van der Waals surface area (Å²) in [7, 11) is 6.07. The number of nitrogens with one attached hydrogen (secondary N) is 1. The lowest BCUT2D eigenvalue weighted by atomic mass is 9.96. The van der Waals surface area contributed by atoms with Crippen LogP contribution in [0.3, 0.4) is 0 Å². The Hall–Kier alpha value is -3.94. The van der Waals surface area contributed by atoms with Crippen LogP contribution in [0.1, 0.15) is 23.6 Å². The maximum absolute atomic E-state index is 14.3. The van der Waals surface area contributed by atoms with Crippen molar-refractivity contribution in [2.45, 2.75) is 19.3 Å². The average Bonchev–Trinajstić information content (AvgIpc) is 3.16. The molecule has 0 spiro atoms. The number of benzene rings is 2. The molecule has 2 aromatic carbocycles. The van der Waals surface area contributed by atoms with Crippen molar-refractivity contribution in [3.8, 4) is 0 Å². The zero-order chi connectivity index (χ0) is 26.6. The van der Waals surface area contributed by atoms with Gasteiger partial charge in [-0.3, -0.25) is 4.79 Å². The number of hydrogen-bond acceptors (Lipinski definition) is 5. The Labute approximate surface area is 216 Å². The van der Waals surface area contributed by atoms with Crippen molar-refractivity contribution in [2.75, 3.05) is 28.4 Å². The van der Waals surface area contributed by atoms with E-state index in [0.29, 0.717) is 29.2 Å². The Morgan fingerprint density at radius 1 is 0.946 bits per heavy atom. The summed E-state index contributed by atoms with van der Waals surface area (Å²) < 4.78 is 36.7. The predicted octanol–water partition coefficient (Wildman–Crippen LogP) is 5.30. The summed E-state index contributed by atoms with van der Waals surface area (Å²) in [6.07, 6.45) is 7.07. The van der Waals surface area contributed by atoms with Gasteiger partial charge in [0, 0.05) is 26.8 Å². The van der Waals surface area contributed by atoms with E-state index in [0.717, 1.165) is 27.8 Å². The highest BCUT2D eigenvalue weighted by molar-refractivity contribution is 6.08. The number of fused-ring (bicyclic) bond motifs is 1. The van der Waals surface area contributed by atoms with Gasteiger partial charge in [-0.15, -0.1) is 0 Å². The fourth-order valence-electron chi connectivity index (χ4n) is 4.64. The summed E-state index contributed by atoms with van der Waals surface area (Å²) in [5.74, 6) is -1.11. The van der Waals surface area contributed by atoms with Crippen LogP contribution < -0.4 is 5.32 Å². The fraction of sp³-hybridized carbons (Fsp3) is 0.233. The maximum atomic E-state index is 14.3. The lowest BCUT2D eigenvalue weighted by Gasteiger charge is -2.35. The van der Waals surface area contributed by atoms with Crippen LogP contribution in [0.4, 0.5) is 4.39 Å². The van der Waals surface area contributed by atoms with Gasteiger partial charge in [-0.05, 0) is 76.3 Å². The molecule has 1 N–H and O–H groups in total. The van der Waals surface area contributed by atoms with Crippen LogP contribution in [-0.2, 0) is 30.3 Å². The molecular weight excluding hydrogens is 473 g/mol. The minimum atomic E-state index is -1.30. The number of halogens is 1. The van der Waals surface area contributed by atoms with Gasteiger partial charge in [-0.2, -0.15) is 0 Å². The molecule has 0 heterocycles. The van der Waals surface area contributed by atoms with Crippen LogP contribution in [-0.4, -0.2) is 40.1 Å². The van der Waals surface area contributed by atoms with Gasteiger partial charge >= 0.3 is 0 Å². The van der Waals surface area contributed by atoms with Crippen LogP contribution in [0.15, 0.2) is 95.5 Å². The number of rotatable bonds is 8. The molecule has 0 aliphatic heterocycles. The fourth-order valence-corrected chi connectivity index (χ4v) is 4.64. The first kappa shape index (κ1) is 26.1. The monoisotopic (exact) mass is 503 g/mol. The second kappa shape index (κ2) is 11.0. The van der Waals surface area contributed by atoms with Crippen LogP contribution >= 0.6 is 0 Å². The normalized spacial score (nSPS) is 17.2. The number of amides is 1.